The van der Waals surface area contributed by atoms with Gasteiger partial charge in [0.25, 0.3) is 0 Å². The molecule has 4 heteroatoms. The zero-order chi connectivity index (χ0) is 13.3. The van der Waals surface area contributed by atoms with E-state index in [2.05, 4.69) is 5.32 Å². The van der Waals surface area contributed by atoms with E-state index in [0.29, 0.717) is 19.3 Å². The molecule has 1 spiro atoms. The van der Waals surface area contributed by atoms with Crippen LogP contribution in [0.2, 0.25) is 0 Å². The minimum absolute atomic E-state index is 0.0720. The molecule has 4 nitrogen and oxygen atoms in total. The molecule has 1 saturated heterocycles. The first-order chi connectivity index (χ1) is 9.08. The third kappa shape index (κ3) is 1.23. The van der Waals surface area contributed by atoms with Crippen molar-refractivity contribution in [3.05, 3.63) is 0 Å². The highest BCUT2D eigenvalue weighted by Crippen LogP contribution is 2.63. The normalized spacial score (nSPS) is 48.5. The van der Waals surface area contributed by atoms with Crippen molar-refractivity contribution in [2.24, 2.45) is 17.3 Å². The van der Waals surface area contributed by atoms with Gasteiger partial charge in [-0.2, -0.15) is 0 Å². The lowest BCUT2D eigenvalue weighted by molar-refractivity contribution is -0.149. The van der Waals surface area contributed by atoms with Crippen LogP contribution in [0.1, 0.15) is 51.4 Å². The molecular formula is C15H19NO3. The summed E-state index contributed by atoms with van der Waals surface area (Å²) in [4.78, 5) is 36.7. The van der Waals surface area contributed by atoms with Gasteiger partial charge in [-0.3, -0.25) is 14.4 Å². The van der Waals surface area contributed by atoms with Crippen molar-refractivity contribution >= 4 is 17.5 Å². The molecule has 1 amide bonds. The Hall–Kier alpha value is -1.19. The van der Waals surface area contributed by atoms with E-state index in [-0.39, 0.29) is 34.8 Å². The smallest absolute Gasteiger partial charge is 0.227 e. The van der Waals surface area contributed by atoms with Gasteiger partial charge in [-0.25, -0.2) is 0 Å². The van der Waals surface area contributed by atoms with E-state index in [9.17, 15) is 14.4 Å². The van der Waals surface area contributed by atoms with Crippen molar-refractivity contribution in [3.63, 3.8) is 0 Å². The highest BCUT2D eigenvalue weighted by Gasteiger charge is 2.70. The van der Waals surface area contributed by atoms with E-state index in [1.165, 1.54) is 0 Å². The second-order valence-electron chi connectivity index (χ2n) is 6.87. The lowest BCUT2D eigenvalue weighted by atomic mass is 9.49. The minimum Gasteiger partial charge on any atom is -0.349 e. The van der Waals surface area contributed by atoms with Crippen LogP contribution in [0.3, 0.4) is 0 Å². The van der Waals surface area contributed by atoms with E-state index in [1.54, 1.807) is 0 Å². The number of carbonyl (C=O) groups excluding carboxylic acids is 3. The number of ketones is 2. The van der Waals surface area contributed by atoms with Gasteiger partial charge in [-0.05, 0) is 38.0 Å². The first kappa shape index (κ1) is 11.6. The summed E-state index contributed by atoms with van der Waals surface area (Å²) in [5.74, 6) is 0.772. The Labute approximate surface area is 112 Å². The zero-order valence-corrected chi connectivity index (χ0v) is 11.0. The average molecular weight is 261 g/mol. The first-order valence-corrected chi connectivity index (χ1v) is 7.45. The van der Waals surface area contributed by atoms with Gasteiger partial charge in [0.15, 0.2) is 0 Å². The largest absolute Gasteiger partial charge is 0.349 e. The molecular weight excluding hydrogens is 242 g/mol. The van der Waals surface area contributed by atoms with Gasteiger partial charge in [-0.1, -0.05) is 0 Å². The van der Waals surface area contributed by atoms with Crippen LogP contribution in [0.5, 0.6) is 0 Å². The molecule has 4 rings (SSSR count). The number of rotatable bonds is 0. The molecule has 4 fully saturated rings. The Morgan fingerprint density at radius 2 is 1.89 bits per heavy atom. The number of nitrogens with one attached hydrogen (secondary N) is 1. The van der Waals surface area contributed by atoms with Crippen molar-refractivity contribution < 1.29 is 14.4 Å². The van der Waals surface area contributed by atoms with E-state index < -0.39 is 5.41 Å². The van der Waals surface area contributed by atoms with Gasteiger partial charge in [0.05, 0.1) is 11.0 Å². The van der Waals surface area contributed by atoms with Crippen LogP contribution in [-0.4, -0.2) is 23.0 Å². The predicted molar refractivity (Wildman–Crippen MR) is 67.2 cm³/mol. The highest BCUT2D eigenvalue weighted by atomic mass is 16.2. The van der Waals surface area contributed by atoms with Crippen molar-refractivity contribution in [2.75, 3.05) is 0 Å². The van der Waals surface area contributed by atoms with Crippen LogP contribution in [0.25, 0.3) is 0 Å². The number of carbonyl (C=O) groups is 3. The summed E-state index contributed by atoms with van der Waals surface area (Å²) in [6, 6.07) is 0. The first-order valence-electron chi connectivity index (χ1n) is 7.45. The third-order valence-electron chi connectivity index (χ3n) is 6.20. The lowest BCUT2D eigenvalue weighted by Crippen LogP contribution is -2.57. The molecule has 3 saturated carbocycles. The van der Waals surface area contributed by atoms with Crippen molar-refractivity contribution in [1.29, 1.82) is 0 Å². The van der Waals surface area contributed by atoms with Gasteiger partial charge in [0.2, 0.25) is 5.91 Å². The van der Waals surface area contributed by atoms with Crippen molar-refractivity contribution in [3.8, 4) is 0 Å². The topological polar surface area (TPSA) is 63.2 Å². The summed E-state index contributed by atoms with van der Waals surface area (Å²) >= 11 is 0. The Morgan fingerprint density at radius 3 is 2.74 bits per heavy atom. The summed E-state index contributed by atoms with van der Waals surface area (Å²) in [5, 5.41) is 3.16. The van der Waals surface area contributed by atoms with Crippen LogP contribution in [-0.2, 0) is 14.4 Å². The summed E-state index contributed by atoms with van der Waals surface area (Å²) in [6.07, 6.45) is 5.80. The van der Waals surface area contributed by atoms with Crippen molar-refractivity contribution in [2.45, 2.75) is 56.9 Å². The van der Waals surface area contributed by atoms with E-state index >= 15 is 0 Å². The number of Topliss-reactive ketones (excluding diaryl/α,β-unsaturated/α-hetero) is 2. The average Bonchev–Trinajstić information content (AvgIpc) is 2.51. The van der Waals surface area contributed by atoms with Crippen molar-refractivity contribution in [1.82, 2.24) is 5.32 Å². The minimum atomic E-state index is -0.464. The van der Waals surface area contributed by atoms with E-state index in [0.717, 1.165) is 32.1 Å². The van der Waals surface area contributed by atoms with Gasteiger partial charge < -0.3 is 5.32 Å². The fraction of sp³-hybridized carbons (Fsp3) is 0.800. The maximum Gasteiger partial charge on any atom is 0.227 e. The second-order valence-corrected chi connectivity index (χ2v) is 6.87. The van der Waals surface area contributed by atoms with Gasteiger partial charge in [0.1, 0.15) is 11.6 Å². The predicted octanol–water partition coefficient (Wildman–Crippen LogP) is 1.37. The number of amides is 1. The Morgan fingerprint density at radius 1 is 1.05 bits per heavy atom. The molecule has 4 atom stereocenters. The molecule has 102 valence electrons. The summed E-state index contributed by atoms with van der Waals surface area (Å²) in [7, 11) is 0. The van der Waals surface area contributed by atoms with Crippen LogP contribution in [0.4, 0.5) is 0 Å². The van der Waals surface area contributed by atoms with Gasteiger partial charge in [-0.15, -0.1) is 0 Å². The van der Waals surface area contributed by atoms with E-state index in [1.807, 2.05) is 0 Å². The third-order valence-corrected chi connectivity index (χ3v) is 6.20. The standard InChI is InChI=1S/C15H19NO3/c17-9-3-4-12-14(8-9)7-5-10-11(18)2-1-6-15(10,12)13(19)16-14/h10,12H,1-8H2,(H,16,19)/t10-,12-,14+,15+/m1/s1. The highest BCUT2D eigenvalue weighted by molar-refractivity contribution is 5.97. The molecule has 3 aliphatic carbocycles. The fourth-order valence-corrected chi connectivity index (χ4v) is 5.55. The molecule has 1 N–H and O–H groups in total. The number of hydrogen-bond donors (Lipinski definition) is 1. The van der Waals surface area contributed by atoms with Crippen LogP contribution >= 0.6 is 0 Å². The molecule has 1 heterocycles. The zero-order valence-electron chi connectivity index (χ0n) is 11.0. The van der Waals surface area contributed by atoms with Crippen LogP contribution in [0.15, 0.2) is 0 Å². The van der Waals surface area contributed by atoms with Gasteiger partial charge in [0, 0.05) is 25.2 Å². The van der Waals surface area contributed by atoms with Gasteiger partial charge >= 0.3 is 0 Å². The molecule has 0 aromatic heterocycles. The molecule has 2 bridgehead atoms. The molecule has 0 aromatic carbocycles. The van der Waals surface area contributed by atoms with Crippen LogP contribution < -0.4 is 5.32 Å². The lowest BCUT2D eigenvalue weighted by Gasteiger charge is -2.52. The summed E-state index contributed by atoms with van der Waals surface area (Å²) in [5.41, 5.74) is -0.769. The fourth-order valence-electron chi connectivity index (χ4n) is 5.55. The molecule has 0 radical (unpaired) electrons. The number of hydrogen-bond acceptors (Lipinski definition) is 3. The molecule has 1 aliphatic heterocycles. The quantitative estimate of drug-likeness (QED) is 0.716. The Balaban J connectivity index is 1.84. The summed E-state index contributed by atoms with van der Waals surface area (Å²) < 4.78 is 0. The molecule has 0 aromatic rings. The second kappa shape index (κ2) is 3.47. The maximum atomic E-state index is 12.7. The summed E-state index contributed by atoms with van der Waals surface area (Å²) in [6.45, 7) is 0. The Bertz CT molecular complexity index is 500. The monoisotopic (exact) mass is 261 g/mol. The molecule has 0 unspecified atom stereocenters. The molecule has 19 heavy (non-hydrogen) atoms. The SMILES string of the molecule is O=C1CC[C@@H]2[C@]3(CC[C@@H]4C(=O)CCC[C@]42C(=O)N3)C1. The van der Waals surface area contributed by atoms with Crippen LogP contribution in [0, 0.1) is 17.3 Å². The van der Waals surface area contributed by atoms with E-state index in [4.69, 9.17) is 0 Å². The Kier molecular flexibility index (Phi) is 2.12. The molecule has 4 aliphatic rings. The maximum absolute atomic E-state index is 12.7.